The van der Waals surface area contributed by atoms with E-state index >= 15 is 0 Å². The molecule has 0 saturated heterocycles. The third-order valence-corrected chi connectivity index (χ3v) is 15.5. The number of rotatable bonds is 28. The SMILES string of the molecule is CCN(CCCN(CCN1C(=O)c2cccc3cc([N+](=O)[O-])cc(c23)C1=O)C(=O)OCc1ccc(NC(=O)C(Cc2ccccc2)NC(=O)C(C)NC(=O)CCCCCN2C(=O)C=CC2=O)cc1)CCN1C(=O)c2cccc3cc([N+](=O)[O-])cc(c23)C1=O. The smallest absolute Gasteiger partial charge is 0.410 e. The average Bonchev–Trinajstić information content (AvgIpc) is 0.943. The zero-order valence-corrected chi connectivity index (χ0v) is 48.1. The number of likely N-dealkylation sites (N-methyl/N-ethyl adjacent to an activating group) is 1. The van der Waals surface area contributed by atoms with Crippen molar-refractivity contribution in [3.05, 3.63) is 181 Å². The molecule has 0 aliphatic carbocycles. The lowest BCUT2D eigenvalue weighted by Gasteiger charge is -2.31. The summed E-state index contributed by atoms with van der Waals surface area (Å²) in [5, 5.41) is 33.2. The monoisotopic (exact) mass is 1200 g/mol. The summed E-state index contributed by atoms with van der Waals surface area (Å²) in [5.74, 6) is -4.97. The van der Waals surface area contributed by atoms with E-state index in [4.69, 9.17) is 4.74 Å². The summed E-state index contributed by atoms with van der Waals surface area (Å²) in [5.41, 5.74) is 1.33. The molecule has 10 amide bonds. The van der Waals surface area contributed by atoms with Gasteiger partial charge in [0.2, 0.25) is 17.7 Å². The highest BCUT2D eigenvalue weighted by Crippen LogP contribution is 2.35. The molecule has 454 valence electrons. The molecule has 3 heterocycles. The van der Waals surface area contributed by atoms with Crippen molar-refractivity contribution >= 4 is 97.9 Å². The van der Waals surface area contributed by atoms with Crippen LogP contribution in [0.3, 0.4) is 0 Å². The topological polar surface area (TPSA) is 318 Å². The molecule has 0 saturated carbocycles. The second-order valence-corrected chi connectivity index (χ2v) is 21.4. The van der Waals surface area contributed by atoms with Crippen LogP contribution in [0, 0.1) is 20.2 Å². The highest BCUT2D eigenvalue weighted by Gasteiger charge is 2.37. The Hall–Kier alpha value is -10.6. The van der Waals surface area contributed by atoms with E-state index in [1.807, 2.05) is 17.9 Å². The highest BCUT2D eigenvalue weighted by atomic mass is 16.6. The number of nitrogens with one attached hydrogen (secondary N) is 3. The summed E-state index contributed by atoms with van der Waals surface area (Å²) < 4.78 is 5.81. The van der Waals surface area contributed by atoms with Gasteiger partial charge in [-0.05, 0) is 85.4 Å². The van der Waals surface area contributed by atoms with E-state index in [1.165, 1.54) is 48.2 Å². The largest absolute Gasteiger partial charge is 0.445 e. The summed E-state index contributed by atoms with van der Waals surface area (Å²) >= 11 is 0. The van der Waals surface area contributed by atoms with Gasteiger partial charge in [0.05, 0.1) is 21.0 Å². The van der Waals surface area contributed by atoms with Crippen molar-refractivity contribution in [2.24, 2.45) is 0 Å². The minimum Gasteiger partial charge on any atom is -0.445 e. The second kappa shape index (κ2) is 27.6. The number of benzene rings is 6. The molecule has 2 unspecified atom stereocenters. The third-order valence-electron chi connectivity index (χ3n) is 15.5. The Balaban J connectivity index is 0.827. The molecule has 9 rings (SSSR count). The van der Waals surface area contributed by atoms with Gasteiger partial charge in [-0.15, -0.1) is 0 Å². The number of nitro groups is 2. The van der Waals surface area contributed by atoms with Gasteiger partial charge >= 0.3 is 6.09 Å². The molecule has 88 heavy (non-hydrogen) atoms. The van der Waals surface area contributed by atoms with Crippen molar-refractivity contribution in [2.75, 3.05) is 57.7 Å². The molecule has 25 heteroatoms. The van der Waals surface area contributed by atoms with Gasteiger partial charge in [0.15, 0.2) is 0 Å². The van der Waals surface area contributed by atoms with Crippen LogP contribution in [0.1, 0.15) is 98.5 Å². The van der Waals surface area contributed by atoms with Crippen LogP contribution in [-0.4, -0.2) is 158 Å². The minimum atomic E-state index is -1.08. The normalized spacial score (nSPS) is 14.2. The maximum absolute atomic E-state index is 14.1. The van der Waals surface area contributed by atoms with E-state index in [9.17, 15) is 68.2 Å². The number of carbonyl (C=O) groups excluding carboxylic acids is 10. The Bertz CT molecular complexity index is 3820. The summed E-state index contributed by atoms with van der Waals surface area (Å²) in [4.78, 5) is 162. The number of ether oxygens (including phenoxy) is 1. The molecule has 6 aromatic rings. The van der Waals surface area contributed by atoms with Crippen LogP contribution in [0.2, 0.25) is 0 Å². The fourth-order valence-corrected chi connectivity index (χ4v) is 10.8. The van der Waals surface area contributed by atoms with Gasteiger partial charge in [-0.3, -0.25) is 78.1 Å². The number of hydrogen-bond acceptors (Lipinski definition) is 16. The molecule has 2 atom stereocenters. The van der Waals surface area contributed by atoms with Gasteiger partial charge in [0.1, 0.15) is 18.7 Å². The molecule has 0 spiro atoms. The first-order valence-corrected chi connectivity index (χ1v) is 28.7. The molecule has 25 nitrogen and oxygen atoms in total. The fraction of sp³-hybridized carbons (Fsp3) is 0.302. The molecule has 3 N–H and O–H groups in total. The molecule has 0 fully saturated rings. The quantitative estimate of drug-likeness (QED) is 0.0199. The zero-order valence-electron chi connectivity index (χ0n) is 48.1. The summed E-state index contributed by atoms with van der Waals surface area (Å²) in [6.07, 6.45) is 3.61. The third kappa shape index (κ3) is 14.2. The van der Waals surface area contributed by atoms with Crippen molar-refractivity contribution < 1.29 is 62.5 Å². The van der Waals surface area contributed by atoms with Gasteiger partial charge in [0.25, 0.3) is 46.8 Å². The summed E-state index contributed by atoms with van der Waals surface area (Å²) in [6.45, 7) is 3.71. The van der Waals surface area contributed by atoms with E-state index in [0.29, 0.717) is 59.8 Å². The Kier molecular flexibility index (Phi) is 19.5. The van der Waals surface area contributed by atoms with Crippen LogP contribution in [-0.2, 0) is 41.7 Å². The Labute approximate surface area is 503 Å². The van der Waals surface area contributed by atoms with Crippen LogP contribution < -0.4 is 16.0 Å². The van der Waals surface area contributed by atoms with Crippen molar-refractivity contribution in [1.82, 2.24) is 35.1 Å². The van der Waals surface area contributed by atoms with Crippen LogP contribution in [0.15, 0.2) is 127 Å². The van der Waals surface area contributed by atoms with Gasteiger partial charge in [-0.2, -0.15) is 0 Å². The number of unbranched alkanes of at least 4 members (excludes halogenated alkanes) is 2. The molecular weight excluding hydrogens is 1140 g/mol. The van der Waals surface area contributed by atoms with Crippen LogP contribution in [0.5, 0.6) is 0 Å². The Morgan fingerprint density at radius 1 is 0.568 bits per heavy atom. The summed E-state index contributed by atoms with van der Waals surface area (Å²) in [6, 6.07) is 27.6. The Morgan fingerprint density at radius 2 is 1.14 bits per heavy atom. The summed E-state index contributed by atoms with van der Waals surface area (Å²) in [7, 11) is 0. The van der Waals surface area contributed by atoms with Gasteiger partial charge in [0, 0.05) is 116 Å². The number of hydrogen-bond donors (Lipinski definition) is 3. The molecule has 0 aromatic heterocycles. The van der Waals surface area contributed by atoms with Gasteiger partial charge < -0.3 is 30.5 Å². The van der Waals surface area contributed by atoms with Crippen LogP contribution in [0.25, 0.3) is 21.5 Å². The number of non-ortho nitro benzene ring substituents is 2. The maximum Gasteiger partial charge on any atom is 0.410 e. The fourth-order valence-electron chi connectivity index (χ4n) is 10.8. The average molecular weight is 1200 g/mol. The van der Waals surface area contributed by atoms with Crippen molar-refractivity contribution in [1.29, 1.82) is 0 Å². The van der Waals surface area contributed by atoms with Crippen molar-refractivity contribution in [2.45, 2.75) is 71.1 Å². The standard InChI is InChI=1S/C63H62N10O15/c1-3-67(29-31-70-59(79)47-17-10-15-42-34-45(72(84)85)36-49(55(42)47)61(70)81)26-12-27-68(30-32-71-60(80)48-18-11-16-43-35-46(73(86)87)37-50(56(43)48)62(71)82)63(83)88-38-41-20-22-44(23-21-41)65-58(78)51(33-40-13-6-4-7-14-40)66-57(77)39(2)64-52(74)19-8-5-9-28-69-53(75)24-25-54(69)76/h4,6-7,10-11,13-18,20-25,34-37,39,51H,3,5,8-9,12,19,26-33,38H2,1-2H3,(H,64,74)(H,65,78)(H,66,77). The van der Waals surface area contributed by atoms with E-state index < -0.39 is 69.4 Å². The minimum absolute atomic E-state index is 0.0216. The van der Waals surface area contributed by atoms with Gasteiger partial charge in [-0.1, -0.05) is 80.1 Å². The van der Waals surface area contributed by atoms with Crippen LogP contribution in [0.4, 0.5) is 21.9 Å². The number of nitrogens with zero attached hydrogens (tertiary/aromatic N) is 7. The molecular formula is C63H62N10O15. The first-order chi connectivity index (χ1) is 42.3. The first kappa shape index (κ1) is 62.0. The number of nitro benzene ring substituents is 2. The molecule has 3 aliphatic heterocycles. The molecule has 0 radical (unpaired) electrons. The molecule has 3 aliphatic rings. The van der Waals surface area contributed by atoms with Gasteiger partial charge in [-0.25, -0.2) is 4.79 Å². The molecule has 0 bridgehead atoms. The maximum atomic E-state index is 14.1. The first-order valence-electron chi connectivity index (χ1n) is 28.7. The van der Waals surface area contributed by atoms with E-state index in [1.54, 1.807) is 78.9 Å². The predicted molar refractivity (Wildman–Crippen MR) is 320 cm³/mol. The van der Waals surface area contributed by atoms with E-state index in [2.05, 4.69) is 16.0 Å². The Morgan fingerprint density at radius 3 is 1.70 bits per heavy atom. The van der Waals surface area contributed by atoms with Crippen molar-refractivity contribution in [3.8, 4) is 0 Å². The van der Waals surface area contributed by atoms with Crippen LogP contribution >= 0.6 is 0 Å². The number of imide groups is 3. The van der Waals surface area contributed by atoms with Crippen molar-refractivity contribution in [3.63, 3.8) is 0 Å². The lowest BCUT2D eigenvalue weighted by molar-refractivity contribution is -0.384. The number of anilines is 1. The number of carbonyl (C=O) groups is 10. The highest BCUT2D eigenvalue weighted by molar-refractivity contribution is 6.27. The number of amides is 10. The van der Waals surface area contributed by atoms with E-state index in [0.717, 1.165) is 26.3 Å². The lowest BCUT2D eigenvalue weighted by Crippen LogP contribution is -2.52. The zero-order chi connectivity index (χ0) is 62.8. The predicted octanol–water partition coefficient (Wildman–Crippen LogP) is 6.71. The van der Waals surface area contributed by atoms with E-state index in [-0.39, 0.29) is 116 Å². The lowest BCUT2D eigenvalue weighted by atomic mass is 9.93. The second-order valence-electron chi connectivity index (χ2n) is 21.4. The molecule has 6 aromatic carbocycles.